The van der Waals surface area contributed by atoms with Gasteiger partial charge in [-0.05, 0) is 24.6 Å². The van der Waals surface area contributed by atoms with Gasteiger partial charge in [0.25, 0.3) is 0 Å². The molecular weight excluding hydrogens is 306 g/mol. The minimum Gasteiger partial charge on any atom is -0.379 e. The minimum atomic E-state index is -0.0540. The maximum atomic E-state index is 12.0. The van der Waals surface area contributed by atoms with Crippen LogP contribution in [0.4, 0.5) is 5.69 Å². The largest absolute Gasteiger partial charge is 0.379 e. The second-order valence-electron chi connectivity index (χ2n) is 6.06. The zero-order valence-electron chi connectivity index (χ0n) is 14.6. The number of aryl methyl sites for hydroxylation is 1. The van der Waals surface area contributed by atoms with Crippen LogP contribution >= 0.6 is 0 Å². The zero-order chi connectivity index (χ0) is 17.4. The van der Waals surface area contributed by atoms with Gasteiger partial charge in [-0.25, -0.2) is 0 Å². The van der Waals surface area contributed by atoms with E-state index in [-0.39, 0.29) is 11.8 Å². The molecule has 0 spiro atoms. The second kappa shape index (κ2) is 9.39. The molecule has 2 rings (SSSR count). The summed E-state index contributed by atoms with van der Waals surface area (Å²) in [6.45, 7) is 8.73. The van der Waals surface area contributed by atoms with E-state index in [0.29, 0.717) is 19.5 Å². The molecule has 1 aromatic carbocycles. The van der Waals surface area contributed by atoms with Crippen LogP contribution in [0.1, 0.15) is 18.9 Å². The van der Waals surface area contributed by atoms with Gasteiger partial charge in [0.1, 0.15) is 0 Å². The van der Waals surface area contributed by atoms with Crippen LogP contribution in [0.3, 0.4) is 0 Å². The van der Waals surface area contributed by atoms with Gasteiger partial charge >= 0.3 is 0 Å². The highest BCUT2D eigenvalue weighted by molar-refractivity contribution is 5.92. The molecule has 24 heavy (non-hydrogen) atoms. The number of ether oxygens (including phenoxy) is 1. The van der Waals surface area contributed by atoms with E-state index in [4.69, 9.17) is 4.74 Å². The third-order valence-electron chi connectivity index (χ3n) is 4.11. The molecule has 0 atom stereocenters. The lowest BCUT2D eigenvalue weighted by Crippen LogP contribution is -2.42. The first-order valence-corrected chi connectivity index (χ1v) is 8.48. The smallest absolute Gasteiger partial charge is 0.223 e. The van der Waals surface area contributed by atoms with Crippen molar-refractivity contribution in [1.29, 1.82) is 0 Å². The molecule has 1 aliphatic heterocycles. The molecular formula is C18H27N3O3. The van der Waals surface area contributed by atoms with Crippen molar-refractivity contribution in [2.24, 2.45) is 0 Å². The summed E-state index contributed by atoms with van der Waals surface area (Å²) in [5, 5.41) is 2.93. The van der Waals surface area contributed by atoms with Crippen molar-refractivity contribution in [2.75, 3.05) is 50.8 Å². The summed E-state index contributed by atoms with van der Waals surface area (Å²) in [4.78, 5) is 27.8. The van der Waals surface area contributed by atoms with Crippen LogP contribution in [-0.4, -0.2) is 62.7 Å². The number of amides is 2. The summed E-state index contributed by atoms with van der Waals surface area (Å²) < 4.78 is 5.30. The first-order valence-electron chi connectivity index (χ1n) is 8.48. The minimum absolute atomic E-state index is 0.0258. The Labute approximate surface area is 143 Å². The summed E-state index contributed by atoms with van der Waals surface area (Å²) in [5.74, 6) is -0.0797. The van der Waals surface area contributed by atoms with Gasteiger partial charge in [-0.15, -0.1) is 0 Å². The van der Waals surface area contributed by atoms with E-state index in [1.54, 1.807) is 4.90 Å². The lowest BCUT2D eigenvalue weighted by Gasteiger charge is -2.26. The Hall–Kier alpha value is -1.92. The van der Waals surface area contributed by atoms with Crippen molar-refractivity contribution in [3.63, 3.8) is 0 Å². The predicted molar refractivity (Wildman–Crippen MR) is 94.1 cm³/mol. The molecule has 1 aliphatic rings. The first kappa shape index (κ1) is 18.4. The molecule has 0 bridgehead atoms. The predicted octanol–water partition coefficient (Wildman–Crippen LogP) is 1.19. The number of hydrogen-bond donors (Lipinski definition) is 1. The van der Waals surface area contributed by atoms with Crippen molar-refractivity contribution in [3.8, 4) is 0 Å². The lowest BCUT2D eigenvalue weighted by atomic mass is 10.2. The Kier molecular flexibility index (Phi) is 7.21. The molecule has 6 heteroatoms. The van der Waals surface area contributed by atoms with E-state index >= 15 is 0 Å². The first-order chi connectivity index (χ1) is 11.6. The molecule has 0 saturated carbocycles. The molecule has 0 aromatic heterocycles. The van der Waals surface area contributed by atoms with Crippen LogP contribution < -0.4 is 10.2 Å². The Balaban J connectivity index is 1.75. The molecule has 0 radical (unpaired) electrons. The highest BCUT2D eigenvalue weighted by atomic mass is 16.5. The molecule has 1 aromatic rings. The monoisotopic (exact) mass is 333 g/mol. The molecule has 1 saturated heterocycles. The van der Waals surface area contributed by atoms with E-state index < -0.39 is 0 Å². The lowest BCUT2D eigenvalue weighted by molar-refractivity contribution is -0.121. The van der Waals surface area contributed by atoms with E-state index in [1.165, 1.54) is 6.92 Å². The Morgan fingerprint density at radius 3 is 2.71 bits per heavy atom. The van der Waals surface area contributed by atoms with Crippen molar-refractivity contribution in [1.82, 2.24) is 10.2 Å². The maximum absolute atomic E-state index is 12.0. The quantitative estimate of drug-likeness (QED) is 0.814. The molecule has 0 unspecified atom stereocenters. The van der Waals surface area contributed by atoms with Crippen LogP contribution in [0.15, 0.2) is 24.3 Å². The number of anilines is 1. The molecule has 1 heterocycles. The topological polar surface area (TPSA) is 61.9 Å². The highest BCUT2D eigenvalue weighted by Gasteiger charge is 2.14. The number of nitrogens with zero attached hydrogens (tertiary/aromatic N) is 2. The van der Waals surface area contributed by atoms with Crippen LogP contribution in [0.5, 0.6) is 0 Å². The number of benzene rings is 1. The number of hydrogen-bond acceptors (Lipinski definition) is 4. The van der Waals surface area contributed by atoms with Crippen LogP contribution in [0, 0.1) is 6.92 Å². The maximum Gasteiger partial charge on any atom is 0.223 e. The highest BCUT2D eigenvalue weighted by Crippen LogP contribution is 2.16. The third kappa shape index (κ3) is 5.94. The molecule has 6 nitrogen and oxygen atoms in total. The Morgan fingerprint density at radius 2 is 2.04 bits per heavy atom. The standard InChI is InChI=1S/C18H27N3O3/c1-15-4-3-5-17(14-15)21(16(2)22)8-6-18(23)19-7-9-20-10-12-24-13-11-20/h3-5,14H,6-13H2,1-2H3,(H,19,23). The fraction of sp³-hybridized carbons (Fsp3) is 0.556. The number of carbonyl (C=O) groups excluding carboxylic acids is 2. The van der Waals surface area contributed by atoms with Crippen molar-refractivity contribution < 1.29 is 14.3 Å². The second-order valence-corrected chi connectivity index (χ2v) is 6.06. The molecule has 1 N–H and O–H groups in total. The summed E-state index contributed by atoms with van der Waals surface area (Å²) in [5.41, 5.74) is 1.93. The number of nitrogens with one attached hydrogen (secondary N) is 1. The van der Waals surface area contributed by atoms with Crippen molar-refractivity contribution in [3.05, 3.63) is 29.8 Å². The van der Waals surface area contributed by atoms with E-state index in [1.807, 2.05) is 31.2 Å². The van der Waals surface area contributed by atoms with E-state index in [2.05, 4.69) is 10.2 Å². The molecule has 2 amide bonds. The number of morpholine rings is 1. The van der Waals surface area contributed by atoms with Gasteiger partial charge < -0.3 is 15.0 Å². The Bertz CT molecular complexity index is 556. The number of carbonyl (C=O) groups is 2. The van der Waals surface area contributed by atoms with Gasteiger partial charge in [0.2, 0.25) is 11.8 Å². The van der Waals surface area contributed by atoms with Gasteiger partial charge in [0.15, 0.2) is 0 Å². The summed E-state index contributed by atoms with van der Waals surface area (Å²) >= 11 is 0. The Morgan fingerprint density at radius 1 is 1.29 bits per heavy atom. The summed E-state index contributed by atoms with van der Waals surface area (Å²) in [7, 11) is 0. The normalized spacial score (nSPS) is 15.1. The van der Waals surface area contributed by atoms with Gasteiger partial charge in [0, 0.05) is 51.8 Å². The van der Waals surface area contributed by atoms with Crippen molar-refractivity contribution in [2.45, 2.75) is 20.3 Å². The fourth-order valence-electron chi connectivity index (χ4n) is 2.74. The summed E-state index contributed by atoms with van der Waals surface area (Å²) in [6, 6.07) is 7.76. The van der Waals surface area contributed by atoms with Crippen molar-refractivity contribution >= 4 is 17.5 Å². The average Bonchev–Trinajstić information content (AvgIpc) is 2.56. The van der Waals surface area contributed by atoms with E-state index in [0.717, 1.165) is 44.1 Å². The zero-order valence-corrected chi connectivity index (χ0v) is 14.6. The van der Waals surface area contributed by atoms with Gasteiger partial charge in [0.05, 0.1) is 13.2 Å². The van der Waals surface area contributed by atoms with Crippen LogP contribution in [0.2, 0.25) is 0 Å². The molecule has 132 valence electrons. The van der Waals surface area contributed by atoms with E-state index in [9.17, 15) is 9.59 Å². The molecule has 1 fully saturated rings. The molecule has 0 aliphatic carbocycles. The van der Waals surface area contributed by atoms with Crippen LogP contribution in [0.25, 0.3) is 0 Å². The fourth-order valence-corrected chi connectivity index (χ4v) is 2.74. The number of rotatable bonds is 7. The SMILES string of the molecule is CC(=O)N(CCC(=O)NCCN1CCOCC1)c1cccc(C)c1. The average molecular weight is 333 g/mol. The van der Waals surface area contributed by atoms with Gasteiger partial charge in [-0.2, -0.15) is 0 Å². The summed E-state index contributed by atoms with van der Waals surface area (Å²) in [6.07, 6.45) is 0.302. The van der Waals surface area contributed by atoms with Crippen LogP contribution in [-0.2, 0) is 14.3 Å². The van der Waals surface area contributed by atoms with Gasteiger partial charge in [-0.1, -0.05) is 12.1 Å². The van der Waals surface area contributed by atoms with Gasteiger partial charge in [-0.3, -0.25) is 14.5 Å². The third-order valence-corrected chi connectivity index (χ3v) is 4.11.